The number of aliphatic carboxylic acids is 1. The Morgan fingerprint density at radius 1 is 1.24 bits per heavy atom. The monoisotopic (exact) mass is 298 g/mol. The third-order valence-corrected chi connectivity index (χ3v) is 4.29. The van der Waals surface area contributed by atoms with E-state index in [1.807, 2.05) is 18.7 Å². The van der Waals surface area contributed by atoms with Crippen molar-refractivity contribution in [2.75, 3.05) is 13.1 Å². The Bertz CT molecular complexity index is 336. The number of carbonyl (C=O) groups is 2. The number of nitrogens with one attached hydrogen (secondary N) is 1. The van der Waals surface area contributed by atoms with E-state index in [0.717, 1.165) is 18.8 Å². The molecule has 0 saturated heterocycles. The van der Waals surface area contributed by atoms with Gasteiger partial charge in [-0.3, -0.25) is 14.5 Å². The van der Waals surface area contributed by atoms with Crippen molar-refractivity contribution in [3.8, 4) is 0 Å². The second kappa shape index (κ2) is 9.03. The van der Waals surface area contributed by atoms with Gasteiger partial charge in [-0.25, -0.2) is 0 Å². The van der Waals surface area contributed by atoms with Crippen LogP contribution in [0, 0.1) is 5.92 Å². The highest BCUT2D eigenvalue weighted by atomic mass is 16.4. The lowest BCUT2D eigenvalue weighted by atomic mass is 9.87. The quantitative estimate of drug-likeness (QED) is 0.721. The first kappa shape index (κ1) is 18.0. The SMILES string of the molecule is CC1CCC(NC(=O)CN(CCCC(=O)O)C(C)C)CC1. The van der Waals surface area contributed by atoms with E-state index >= 15 is 0 Å². The van der Waals surface area contributed by atoms with Gasteiger partial charge in [0.1, 0.15) is 0 Å². The summed E-state index contributed by atoms with van der Waals surface area (Å²) in [5, 5.41) is 11.8. The summed E-state index contributed by atoms with van der Waals surface area (Å²) >= 11 is 0. The van der Waals surface area contributed by atoms with Gasteiger partial charge in [0.25, 0.3) is 0 Å². The van der Waals surface area contributed by atoms with E-state index in [1.165, 1.54) is 12.8 Å². The molecule has 0 radical (unpaired) electrons. The first-order valence-electron chi connectivity index (χ1n) is 8.13. The lowest BCUT2D eigenvalue weighted by Gasteiger charge is -2.29. The van der Waals surface area contributed by atoms with Gasteiger partial charge in [0, 0.05) is 18.5 Å². The molecule has 2 N–H and O–H groups in total. The maximum Gasteiger partial charge on any atom is 0.303 e. The summed E-state index contributed by atoms with van der Waals surface area (Å²) in [6, 6.07) is 0.567. The molecule has 0 heterocycles. The summed E-state index contributed by atoms with van der Waals surface area (Å²) in [6.07, 6.45) is 5.28. The number of rotatable bonds is 8. The van der Waals surface area contributed by atoms with Crippen LogP contribution in [0.5, 0.6) is 0 Å². The van der Waals surface area contributed by atoms with Crippen molar-refractivity contribution in [1.82, 2.24) is 10.2 Å². The van der Waals surface area contributed by atoms with E-state index < -0.39 is 5.97 Å². The maximum atomic E-state index is 12.1. The predicted molar refractivity (Wildman–Crippen MR) is 83.1 cm³/mol. The van der Waals surface area contributed by atoms with Crippen LogP contribution in [0.15, 0.2) is 0 Å². The van der Waals surface area contributed by atoms with Gasteiger partial charge in [-0.1, -0.05) is 6.92 Å². The topological polar surface area (TPSA) is 69.6 Å². The summed E-state index contributed by atoms with van der Waals surface area (Å²) in [5.74, 6) is 0.0689. The third kappa shape index (κ3) is 7.46. The van der Waals surface area contributed by atoms with Crippen molar-refractivity contribution in [3.05, 3.63) is 0 Å². The highest BCUT2D eigenvalue weighted by Gasteiger charge is 2.21. The minimum absolute atomic E-state index is 0.0681. The predicted octanol–water partition coefficient (Wildman–Crippen LogP) is 2.26. The van der Waals surface area contributed by atoms with Gasteiger partial charge >= 0.3 is 5.97 Å². The van der Waals surface area contributed by atoms with E-state index in [-0.39, 0.29) is 18.4 Å². The Kier molecular flexibility index (Phi) is 7.72. The minimum Gasteiger partial charge on any atom is -0.481 e. The van der Waals surface area contributed by atoms with Gasteiger partial charge in [0.05, 0.1) is 6.54 Å². The van der Waals surface area contributed by atoms with E-state index in [1.54, 1.807) is 0 Å². The number of amides is 1. The van der Waals surface area contributed by atoms with Gasteiger partial charge in [-0.2, -0.15) is 0 Å². The van der Waals surface area contributed by atoms with Crippen LogP contribution in [0.3, 0.4) is 0 Å². The minimum atomic E-state index is -0.778. The van der Waals surface area contributed by atoms with Crippen molar-refractivity contribution < 1.29 is 14.7 Å². The van der Waals surface area contributed by atoms with E-state index in [2.05, 4.69) is 12.2 Å². The van der Waals surface area contributed by atoms with Crippen LogP contribution in [0.1, 0.15) is 59.3 Å². The molecule has 0 aromatic heterocycles. The zero-order valence-corrected chi connectivity index (χ0v) is 13.6. The first-order chi connectivity index (χ1) is 9.88. The Morgan fingerprint density at radius 3 is 2.38 bits per heavy atom. The molecule has 21 heavy (non-hydrogen) atoms. The molecule has 1 amide bonds. The fourth-order valence-electron chi connectivity index (χ4n) is 2.82. The summed E-state index contributed by atoms with van der Waals surface area (Å²) in [4.78, 5) is 24.7. The van der Waals surface area contributed by atoms with E-state index in [4.69, 9.17) is 5.11 Å². The van der Waals surface area contributed by atoms with Crippen molar-refractivity contribution in [2.24, 2.45) is 5.92 Å². The molecule has 0 spiro atoms. The standard InChI is InChI=1S/C16H30N2O3/c1-12(2)18(10-4-5-16(20)21)11-15(19)17-14-8-6-13(3)7-9-14/h12-14H,4-11H2,1-3H3,(H,17,19)(H,20,21). The number of hydrogen-bond acceptors (Lipinski definition) is 3. The molecule has 1 aliphatic carbocycles. The Morgan fingerprint density at radius 2 is 1.86 bits per heavy atom. The van der Waals surface area contributed by atoms with E-state index in [9.17, 15) is 9.59 Å². The smallest absolute Gasteiger partial charge is 0.303 e. The Hall–Kier alpha value is -1.10. The molecule has 0 aromatic carbocycles. The Labute approximate surface area is 128 Å². The van der Waals surface area contributed by atoms with Crippen LogP contribution in [0.25, 0.3) is 0 Å². The molecule has 1 rings (SSSR count). The first-order valence-corrected chi connectivity index (χ1v) is 8.13. The van der Waals surface area contributed by atoms with Crippen LogP contribution >= 0.6 is 0 Å². The van der Waals surface area contributed by atoms with Crippen LogP contribution < -0.4 is 5.32 Å². The second-order valence-corrected chi connectivity index (χ2v) is 6.59. The van der Waals surface area contributed by atoms with Crippen molar-refractivity contribution in [1.29, 1.82) is 0 Å². The van der Waals surface area contributed by atoms with Gasteiger partial charge in [0.2, 0.25) is 5.91 Å². The molecule has 0 atom stereocenters. The second-order valence-electron chi connectivity index (χ2n) is 6.59. The molecule has 1 saturated carbocycles. The number of carboxylic acid groups (broad SMARTS) is 1. The Balaban J connectivity index is 2.32. The molecule has 0 bridgehead atoms. The van der Waals surface area contributed by atoms with Crippen molar-refractivity contribution in [2.45, 2.75) is 71.4 Å². The zero-order chi connectivity index (χ0) is 15.8. The normalized spacial score (nSPS) is 22.5. The highest BCUT2D eigenvalue weighted by Crippen LogP contribution is 2.23. The maximum absolute atomic E-state index is 12.1. The number of hydrogen-bond donors (Lipinski definition) is 2. The van der Waals surface area contributed by atoms with E-state index in [0.29, 0.717) is 25.6 Å². The molecule has 5 nitrogen and oxygen atoms in total. The third-order valence-electron chi connectivity index (χ3n) is 4.29. The molecule has 0 unspecified atom stereocenters. The average Bonchev–Trinajstić information content (AvgIpc) is 2.39. The fourth-order valence-corrected chi connectivity index (χ4v) is 2.82. The molecule has 0 aliphatic heterocycles. The average molecular weight is 298 g/mol. The van der Waals surface area contributed by atoms with Crippen molar-refractivity contribution >= 4 is 11.9 Å². The van der Waals surface area contributed by atoms with Gasteiger partial charge in [0.15, 0.2) is 0 Å². The van der Waals surface area contributed by atoms with Crippen LogP contribution in [-0.4, -0.2) is 47.1 Å². The molecular weight excluding hydrogens is 268 g/mol. The molecule has 1 fully saturated rings. The zero-order valence-electron chi connectivity index (χ0n) is 13.6. The molecule has 5 heteroatoms. The van der Waals surface area contributed by atoms with Crippen LogP contribution in [0.4, 0.5) is 0 Å². The van der Waals surface area contributed by atoms with Crippen LogP contribution in [-0.2, 0) is 9.59 Å². The summed E-state index contributed by atoms with van der Waals surface area (Å²) in [6.45, 7) is 7.36. The van der Waals surface area contributed by atoms with Gasteiger partial charge < -0.3 is 10.4 Å². The number of carboxylic acids is 1. The highest BCUT2D eigenvalue weighted by molar-refractivity contribution is 5.78. The molecule has 122 valence electrons. The largest absolute Gasteiger partial charge is 0.481 e. The number of nitrogens with zero attached hydrogens (tertiary/aromatic N) is 1. The molecular formula is C16H30N2O3. The van der Waals surface area contributed by atoms with Gasteiger partial charge in [-0.05, 0) is 58.4 Å². The summed E-state index contributed by atoms with van der Waals surface area (Å²) < 4.78 is 0. The van der Waals surface area contributed by atoms with Crippen molar-refractivity contribution in [3.63, 3.8) is 0 Å². The molecule has 0 aromatic rings. The fraction of sp³-hybridized carbons (Fsp3) is 0.875. The van der Waals surface area contributed by atoms with Crippen LogP contribution in [0.2, 0.25) is 0 Å². The summed E-state index contributed by atoms with van der Waals surface area (Å²) in [7, 11) is 0. The molecule has 1 aliphatic rings. The summed E-state index contributed by atoms with van der Waals surface area (Å²) in [5.41, 5.74) is 0. The lowest BCUT2D eigenvalue weighted by Crippen LogP contribution is -2.45. The number of carbonyl (C=O) groups excluding carboxylic acids is 1. The van der Waals surface area contributed by atoms with Gasteiger partial charge in [-0.15, -0.1) is 0 Å². The lowest BCUT2D eigenvalue weighted by molar-refractivity contribution is -0.137.